The third-order valence-corrected chi connectivity index (χ3v) is 4.48. The lowest BCUT2D eigenvalue weighted by Crippen LogP contribution is -2.00. The van der Waals surface area contributed by atoms with Gasteiger partial charge in [0.1, 0.15) is 23.0 Å². The molecule has 1 saturated heterocycles. The van der Waals surface area contributed by atoms with Crippen molar-refractivity contribution < 1.29 is 23.2 Å². The number of allylic oxidation sites excluding steroid dienone is 2. The van der Waals surface area contributed by atoms with Gasteiger partial charge in [-0.1, -0.05) is 0 Å². The standard InChI is InChI=1S/C20H20O5/c1-9-7-15(13(5)23-9)11(3)17-18(20(22)25-19(17)21)12(4)16-8-10(2)24-14(16)6/h7-8H,1-6H3/b17-11+,18-12+. The third-order valence-electron chi connectivity index (χ3n) is 4.48. The molecular formula is C20H20O5. The summed E-state index contributed by atoms with van der Waals surface area (Å²) in [6, 6.07) is 3.71. The molecule has 0 spiro atoms. The van der Waals surface area contributed by atoms with Crippen LogP contribution in [0.2, 0.25) is 0 Å². The SMILES string of the molecule is C/C(=C1\C(=O)OC(=O)\C1=C(/C)c1cc(C)oc1C)c1cc(C)oc1C. The Morgan fingerprint density at radius 3 is 1.36 bits per heavy atom. The van der Waals surface area contributed by atoms with Gasteiger partial charge in [-0.25, -0.2) is 9.59 Å². The van der Waals surface area contributed by atoms with Crippen molar-refractivity contribution in [3.05, 3.63) is 57.4 Å². The van der Waals surface area contributed by atoms with Crippen molar-refractivity contribution >= 4 is 23.1 Å². The Hall–Kier alpha value is -2.82. The molecule has 1 aliphatic rings. The molecule has 3 rings (SSSR count). The molecule has 0 bridgehead atoms. The van der Waals surface area contributed by atoms with Crippen LogP contribution in [0.15, 0.2) is 32.1 Å². The second-order valence-corrected chi connectivity index (χ2v) is 6.33. The Morgan fingerprint density at radius 1 is 0.720 bits per heavy atom. The average molecular weight is 340 g/mol. The number of ether oxygens (including phenoxy) is 1. The number of aryl methyl sites for hydroxylation is 4. The zero-order valence-electron chi connectivity index (χ0n) is 15.2. The highest BCUT2D eigenvalue weighted by Gasteiger charge is 2.38. The number of hydrogen-bond donors (Lipinski definition) is 0. The summed E-state index contributed by atoms with van der Waals surface area (Å²) in [5.41, 5.74) is 3.48. The van der Waals surface area contributed by atoms with Crippen LogP contribution in [0.4, 0.5) is 0 Å². The zero-order valence-corrected chi connectivity index (χ0v) is 15.2. The molecule has 3 heterocycles. The molecule has 1 fully saturated rings. The van der Waals surface area contributed by atoms with Crippen molar-refractivity contribution in [1.29, 1.82) is 0 Å². The predicted octanol–water partition coefficient (Wildman–Crippen LogP) is 4.44. The highest BCUT2D eigenvalue weighted by molar-refractivity contribution is 6.24. The van der Waals surface area contributed by atoms with Gasteiger partial charge in [0.25, 0.3) is 0 Å². The van der Waals surface area contributed by atoms with Crippen LogP contribution >= 0.6 is 0 Å². The Labute approximate surface area is 146 Å². The lowest BCUT2D eigenvalue weighted by atomic mass is 9.92. The smallest absolute Gasteiger partial charge is 0.347 e. The molecule has 25 heavy (non-hydrogen) atoms. The zero-order chi connectivity index (χ0) is 18.5. The first-order chi connectivity index (χ1) is 11.7. The van der Waals surface area contributed by atoms with Crippen LogP contribution in [0.25, 0.3) is 11.1 Å². The van der Waals surface area contributed by atoms with Crippen molar-refractivity contribution in [3.8, 4) is 0 Å². The van der Waals surface area contributed by atoms with E-state index in [1.165, 1.54) is 0 Å². The maximum atomic E-state index is 12.4. The quantitative estimate of drug-likeness (QED) is 0.459. The minimum absolute atomic E-state index is 0.282. The van der Waals surface area contributed by atoms with Gasteiger partial charge in [-0.05, 0) is 64.8 Å². The number of cyclic esters (lactones) is 2. The molecule has 2 aromatic heterocycles. The number of furan rings is 2. The second-order valence-electron chi connectivity index (χ2n) is 6.33. The van der Waals surface area contributed by atoms with Crippen LogP contribution in [0.3, 0.4) is 0 Å². The van der Waals surface area contributed by atoms with E-state index in [-0.39, 0.29) is 11.1 Å². The average Bonchev–Trinajstić information content (AvgIpc) is 3.13. The molecule has 0 aromatic carbocycles. The molecule has 0 aliphatic carbocycles. The van der Waals surface area contributed by atoms with Crippen LogP contribution in [0.1, 0.15) is 48.0 Å². The molecule has 1 aliphatic heterocycles. The van der Waals surface area contributed by atoms with Gasteiger partial charge in [0.2, 0.25) is 0 Å². The number of carbonyl (C=O) groups is 2. The summed E-state index contributed by atoms with van der Waals surface area (Å²) in [7, 11) is 0. The lowest BCUT2D eigenvalue weighted by molar-refractivity contribution is -0.149. The van der Waals surface area contributed by atoms with Crippen molar-refractivity contribution in [2.75, 3.05) is 0 Å². The monoisotopic (exact) mass is 340 g/mol. The molecule has 0 N–H and O–H groups in total. The highest BCUT2D eigenvalue weighted by Crippen LogP contribution is 2.37. The molecule has 2 aromatic rings. The van der Waals surface area contributed by atoms with Gasteiger partial charge in [-0.15, -0.1) is 0 Å². The summed E-state index contributed by atoms with van der Waals surface area (Å²) in [6.07, 6.45) is 0. The van der Waals surface area contributed by atoms with E-state index < -0.39 is 11.9 Å². The molecule has 0 atom stereocenters. The van der Waals surface area contributed by atoms with E-state index in [1.807, 2.05) is 39.8 Å². The Kier molecular flexibility index (Phi) is 4.03. The first-order valence-electron chi connectivity index (χ1n) is 8.04. The lowest BCUT2D eigenvalue weighted by Gasteiger charge is -2.07. The van der Waals surface area contributed by atoms with Crippen LogP contribution in [-0.2, 0) is 14.3 Å². The fraction of sp³-hybridized carbons (Fsp3) is 0.300. The largest absolute Gasteiger partial charge is 0.466 e. The van der Waals surface area contributed by atoms with Gasteiger partial charge >= 0.3 is 11.9 Å². The van der Waals surface area contributed by atoms with Gasteiger partial charge in [-0.2, -0.15) is 0 Å². The molecule has 0 radical (unpaired) electrons. The predicted molar refractivity (Wildman–Crippen MR) is 92.7 cm³/mol. The summed E-state index contributed by atoms with van der Waals surface area (Å²) in [4.78, 5) is 24.7. The molecule has 0 unspecified atom stereocenters. The minimum atomic E-state index is -0.632. The van der Waals surface area contributed by atoms with Gasteiger partial charge in [0, 0.05) is 11.1 Å². The summed E-state index contributed by atoms with van der Waals surface area (Å²) in [6.45, 7) is 10.9. The van der Waals surface area contributed by atoms with Crippen molar-refractivity contribution in [2.45, 2.75) is 41.5 Å². The number of carbonyl (C=O) groups excluding carboxylic acids is 2. The molecular weight excluding hydrogens is 320 g/mol. The van der Waals surface area contributed by atoms with Crippen LogP contribution < -0.4 is 0 Å². The van der Waals surface area contributed by atoms with E-state index >= 15 is 0 Å². The van der Waals surface area contributed by atoms with Crippen LogP contribution in [0.5, 0.6) is 0 Å². The van der Waals surface area contributed by atoms with E-state index in [2.05, 4.69) is 0 Å². The fourth-order valence-corrected chi connectivity index (χ4v) is 3.35. The molecule has 5 nitrogen and oxygen atoms in total. The number of rotatable bonds is 2. The summed E-state index contributed by atoms with van der Waals surface area (Å²) < 4.78 is 16.0. The van der Waals surface area contributed by atoms with E-state index in [0.717, 1.165) is 22.6 Å². The van der Waals surface area contributed by atoms with E-state index in [4.69, 9.17) is 13.6 Å². The number of esters is 2. The summed E-state index contributed by atoms with van der Waals surface area (Å²) >= 11 is 0. The first-order valence-corrected chi connectivity index (χ1v) is 8.04. The van der Waals surface area contributed by atoms with Crippen molar-refractivity contribution in [1.82, 2.24) is 0 Å². The van der Waals surface area contributed by atoms with Gasteiger partial charge in [0.05, 0.1) is 11.1 Å². The Morgan fingerprint density at radius 2 is 1.08 bits per heavy atom. The van der Waals surface area contributed by atoms with Gasteiger partial charge < -0.3 is 13.6 Å². The summed E-state index contributed by atoms with van der Waals surface area (Å²) in [5.74, 6) is 1.62. The van der Waals surface area contributed by atoms with E-state index in [1.54, 1.807) is 13.8 Å². The molecule has 5 heteroatoms. The molecule has 0 saturated carbocycles. The first kappa shape index (κ1) is 17.0. The maximum Gasteiger partial charge on any atom is 0.347 e. The topological polar surface area (TPSA) is 69.7 Å². The normalized spacial score (nSPS) is 18.6. The second kappa shape index (κ2) is 5.92. The van der Waals surface area contributed by atoms with Crippen molar-refractivity contribution in [3.63, 3.8) is 0 Å². The van der Waals surface area contributed by atoms with Crippen LogP contribution in [0, 0.1) is 27.7 Å². The molecule has 0 amide bonds. The van der Waals surface area contributed by atoms with Gasteiger partial charge in [0.15, 0.2) is 0 Å². The Bertz CT molecular complexity index is 884. The van der Waals surface area contributed by atoms with Crippen molar-refractivity contribution in [2.24, 2.45) is 0 Å². The van der Waals surface area contributed by atoms with Gasteiger partial charge in [-0.3, -0.25) is 0 Å². The highest BCUT2D eigenvalue weighted by atomic mass is 16.6. The minimum Gasteiger partial charge on any atom is -0.466 e. The summed E-state index contributed by atoms with van der Waals surface area (Å²) in [5, 5.41) is 0. The third kappa shape index (κ3) is 2.76. The number of hydrogen-bond acceptors (Lipinski definition) is 5. The fourth-order valence-electron chi connectivity index (χ4n) is 3.35. The molecule has 130 valence electrons. The van der Waals surface area contributed by atoms with Crippen LogP contribution in [-0.4, -0.2) is 11.9 Å². The Balaban J connectivity index is 2.27. The van der Waals surface area contributed by atoms with E-state index in [0.29, 0.717) is 22.7 Å². The van der Waals surface area contributed by atoms with E-state index in [9.17, 15) is 9.59 Å². The maximum absolute atomic E-state index is 12.4.